The second kappa shape index (κ2) is 5.54. The van der Waals surface area contributed by atoms with Crippen LogP contribution in [-0.2, 0) is 18.9 Å². The van der Waals surface area contributed by atoms with Gasteiger partial charge in [0.15, 0.2) is 6.29 Å². The lowest BCUT2D eigenvalue weighted by atomic mass is 10.2. The third-order valence-electron chi connectivity index (χ3n) is 1.95. The van der Waals surface area contributed by atoms with Crippen LogP contribution in [0.3, 0.4) is 0 Å². The summed E-state index contributed by atoms with van der Waals surface area (Å²) < 4.78 is 20.7. The maximum Gasteiger partial charge on any atom is 0.182 e. The van der Waals surface area contributed by atoms with Crippen molar-refractivity contribution >= 4 is 0 Å². The van der Waals surface area contributed by atoms with E-state index in [4.69, 9.17) is 18.9 Å². The lowest BCUT2D eigenvalue weighted by Crippen LogP contribution is -2.33. The summed E-state index contributed by atoms with van der Waals surface area (Å²) in [6, 6.07) is 0. The molecule has 13 heavy (non-hydrogen) atoms. The van der Waals surface area contributed by atoms with E-state index in [1.807, 2.05) is 0 Å². The van der Waals surface area contributed by atoms with Crippen molar-refractivity contribution < 1.29 is 18.9 Å². The van der Waals surface area contributed by atoms with Crippen LogP contribution in [-0.4, -0.2) is 45.9 Å². The molecule has 0 aliphatic carbocycles. The molecule has 2 atom stereocenters. The Bertz CT molecular complexity index is 132. The molecule has 1 saturated heterocycles. The van der Waals surface area contributed by atoms with Crippen LogP contribution >= 0.6 is 0 Å². The number of epoxide rings is 1. The van der Waals surface area contributed by atoms with Crippen LogP contribution in [0.25, 0.3) is 0 Å². The first-order valence-electron chi connectivity index (χ1n) is 4.39. The van der Waals surface area contributed by atoms with Crippen molar-refractivity contribution in [1.29, 1.82) is 0 Å². The fourth-order valence-corrected chi connectivity index (χ4v) is 1.09. The van der Waals surface area contributed by atoms with Gasteiger partial charge in [-0.2, -0.15) is 0 Å². The van der Waals surface area contributed by atoms with E-state index in [2.05, 4.69) is 6.92 Å². The van der Waals surface area contributed by atoms with Crippen molar-refractivity contribution in [2.24, 2.45) is 0 Å². The van der Waals surface area contributed by atoms with Crippen LogP contribution in [0.5, 0.6) is 0 Å². The van der Waals surface area contributed by atoms with Crippen molar-refractivity contribution in [3.8, 4) is 0 Å². The predicted molar refractivity (Wildman–Crippen MR) is 47.3 cm³/mol. The largest absolute Gasteiger partial charge is 0.371 e. The minimum absolute atomic E-state index is 0.112. The average molecular weight is 189 g/mol. The normalized spacial score (nSPS) is 23.5. The van der Waals surface area contributed by atoms with E-state index in [-0.39, 0.29) is 18.5 Å². The van der Waals surface area contributed by atoms with Crippen LogP contribution in [0, 0.1) is 6.92 Å². The van der Waals surface area contributed by atoms with Gasteiger partial charge in [0.05, 0.1) is 13.2 Å². The van der Waals surface area contributed by atoms with E-state index in [1.54, 1.807) is 14.2 Å². The van der Waals surface area contributed by atoms with Gasteiger partial charge in [0.1, 0.15) is 12.2 Å². The van der Waals surface area contributed by atoms with Crippen molar-refractivity contribution in [3.63, 3.8) is 0 Å². The summed E-state index contributed by atoms with van der Waals surface area (Å²) >= 11 is 0. The molecule has 0 aromatic heterocycles. The highest BCUT2D eigenvalue weighted by Gasteiger charge is 2.26. The Kier molecular flexibility index (Phi) is 4.66. The molecule has 0 amide bonds. The lowest BCUT2D eigenvalue weighted by molar-refractivity contribution is -0.180. The molecule has 0 saturated carbocycles. The van der Waals surface area contributed by atoms with Gasteiger partial charge in [-0.15, -0.1) is 0 Å². The summed E-state index contributed by atoms with van der Waals surface area (Å²) in [5.74, 6) is 0. The average Bonchev–Trinajstić information content (AvgIpc) is 2.96. The molecule has 4 nitrogen and oxygen atoms in total. The second-order valence-corrected chi connectivity index (χ2v) is 2.96. The van der Waals surface area contributed by atoms with Crippen molar-refractivity contribution in [3.05, 3.63) is 6.92 Å². The smallest absolute Gasteiger partial charge is 0.182 e. The van der Waals surface area contributed by atoms with E-state index in [0.717, 1.165) is 6.61 Å². The Morgan fingerprint density at radius 1 is 1.46 bits per heavy atom. The fraction of sp³-hybridized carbons (Fsp3) is 0.889. The van der Waals surface area contributed by atoms with Gasteiger partial charge in [-0.05, 0) is 6.42 Å². The van der Waals surface area contributed by atoms with Gasteiger partial charge in [0.25, 0.3) is 0 Å². The van der Waals surface area contributed by atoms with Gasteiger partial charge >= 0.3 is 0 Å². The first-order chi connectivity index (χ1) is 6.31. The minimum atomic E-state index is -0.337. The van der Waals surface area contributed by atoms with E-state index in [1.165, 1.54) is 0 Å². The zero-order valence-electron chi connectivity index (χ0n) is 8.19. The van der Waals surface area contributed by atoms with E-state index >= 15 is 0 Å². The van der Waals surface area contributed by atoms with Crippen LogP contribution in [0.1, 0.15) is 6.42 Å². The molecular weight excluding hydrogens is 172 g/mol. The maximum absolute atomic E-state index is 5.52. The highest BCUT2D eigenvalue weighted by atomic mass is 16.7. The summed E-state index contributed by atoms with van der Waals surface area (Å²) in [4.78, 5) is 0. The fourth-order valence-electron chi connectivity index (χ4n) is 1.09. The molecule has 0 N–H and O–H groups in total. The second-order valence-electron chi connectivity index (χ2n) is 2.96. The topological polar surface area (TPSA) is 40.2 Å². The van der Waals surface area contributed by atoms with Crippen LogP contribution in [0.2, 0.25) is 0 Å². The van der Waals surface area contributed by atoms with Crippen molar-refractivity contribution in [2.75, 3.05) is 27.4 Å². The molecule has 0 aromatic rings. The van der Waals surface area contributed by atoms with Gasteiger partial charge in [-0.25, -0.2) is 0 Å². The predicted octanol–water partition coefficient (Wildman–Crippen LogP) is 0.613. The Morgan fingerprint density at radius 2 is 2.08 bits per heavy atom. The molecule has 1 fully saturated rings. The zero-order valence-corrected chi connectivity index (χ0v) is 8.19. The third kappa shape index (κ3) is 3.60. The zero-order chi connectivity index (χ0) is 9.68. The molecule has 0 aromatic carbocycles. The molecule has 0 spiro atoms. The summed E-state index contributed by atoms with van der Waals surface area (Å²) in [5.41, 5.74) is 0. The van der Waals surface area contributed by atoms with Crippen LogP contribution in [0.15, 0.2) is 0 Å². The first kappa shape index (κ1) is 10.9. The monoisotopic (exact) mass is 189 g/mol. The first-order valence-corrected chi connectivity index (χ1v) is 4.39. The molecule has 1 aliphatic heterocycles. The van der Waals surface area contributed by atoms with Crippen LogP contribution in [0.4, 0.5) is 0 Å². The summed E-state index contributed by atoms with van der Waals surface area (Å²) in [6.45, 7) is 5.18. The van der Waals surface area contributed by atoms with Crippen molar-refractivity contribution in [2.45, 2.75) is 24.9 Å². The van der Waals surface area contributed by atoms with E-state index in [9.17, 15) is 0 Å². The summed E-state index contributed by atoms with van der Waals surface area (Å²) in [6.07, 6.45) is 0.442. The number of methoxy groups -OCH3 is 2. The number of hydrogen-bond donors (Lipinski definition) is 0. The molecule has 1 heterocycles. The lowest BCUT2D eigenvalue weighted by Gasteiger charge is -2.23. The Labute approximate surface area is 79.1 Å². The molecule has 2 unspecified atom stereocenters. The molecule has 77 valence electrons. The van der Waals surface area contributed by atoms with Gasteiger partial charge in [0.2, 0.25) is 0 Å². The molecular formula is C9H17O4. The molecule has 4 heteroatoms. The summed E-state index contributed by atoms with van der Waals surface area (Å²) in [7, 11) is 3.18. The Hall–Kier alpha value is -0.160. The number of hydrogen-bond acceptors (Lipinski definition) is 4. The highest BCUT2D eigenvalue weighted by Crippen LogP contribution is 2.14. The Balaban J connectivity index is 2.21. The third-order valence-corrected chi connectivity index (χ3v) is 1.95. The minimum Gasteiger partial charge on any atom is -0.371 e. The van der Waals surface area contributed by atoms with Crippen LogP contribution < -0.4 is 0 Å². The van der Waals surface area contributed by atoms with Gasteiger partial charge in [0, 0.05) is 14.2 Å². The van der Waals surface area contributed by atoms with Gasteiger partial charge in [-0.1, -0.05) is 6.92 Å². The molecule has 1 rings (SSSR count). The SMILES string of the molecule is [CH2]CC(OCC1CO1)C(OC)OC. The quantitative estimate of drug-likeness (QED) is 0.434. The summed E-state index contributed by atoms with van der Waals surface area (Å²) in [5, 5.41) is 0. The van der Waals surface area contributed by atoms with Gasteiger partial charge in [-0.3, -0.25) is 0 Å². The van der Waals surface area contributed by atoms with E-state index < -0.39 is 0 Å². The number of ether oxygens (including phenoxy) is 4. The van der Waals surface area contributed by atoms with Crippen molar-refractivity contribution in [1.82, 2.24) is 0 Å². The molecule has 0 bridgehead atoms. The van der Waals surface area contributed by atoms with Gasteiger partial charge < -0.3 is 18.9 Å². The standard InChI is InChI=1S/C9H17O4/c1-4-8(9(10-2)11-3)13-6-7-5-12-7/h7-9H,1,4-6H2,2-3H3. The molecule has 1 aliphatic rings. The highest BCUT2D eigenvalue weighted by molar-refractivity contribution is 4.71. The maximum atomic E-state index is 5.52. The van der Waals surface area contributed by atoms with E-state index in [0.29, 0.717) is 13.0 Å². The number of rotatable bonds is 7. The Morgan fingerprint density at radius 3 is 2.46 bits per heavy atom. The molecule has 1 radical (unpaired) electrons.